The molecule has 2 nitrogen and oxygen atoms in total. The van der Waals surface area contributed by atoms with Gasteiger partial charge in [-0.25, -0.2) is 4.79 Å². The minimum Gasteiger partial charge on any atom is -0.478 e. The van der Waals surface area contributed by atoms with E-state index in [2.05, 4.69) is 6.92 Å². The van der Waals surface area contributed by atoms with E-state index in [0.717, 1.165) is 29.4 Å². The molecule has 0 aliphatic heterocycles. The van der Waals surface area contributed by atoms with Crippen molar-refractivity contribution in [1.29, 1.82) is 0 Å². The monoisotopic (exact) mass is 248 g/mol. The van der Waals surface area contributed by atoms with Crippen molar-refractivity contribution in [2.24, 2.45) is 29.6 Å². The Labute approximate surface area is 109 Å². The lowest BCUT2D eigenvalue weighted by Crippen LogP contribution is -2.46. The fourth-order valence-corrected chi connectivity index (χ4v) is 5.20. The van der Waals surface area contributed by atoms with Gasteiger partial charge in [0.05, 0.1) is 0 Å². The molecule has 18 heavy (non-hydrogen) atoms. The van der Waals surface area contributed by atoms with Crippen LogP contribution >= 0.6 is 0 Å². The summed E-state index contributed by atoms with van der Waals surface area (Å²) in [6, 6.07) is 0. The maximum absolute atomic E-state index is 11.7. The van der Waals surface area contributed by atoms with Crippen molar-refractivity contribution in [3.63, 3.8) is 0 Å². The van der Waals surface area contributed by atoms with Gasteiger partial charge in [-0.1, -0.05) is 12.5 Å². The maximum atomic E-state index is 11.7. The summed E-state index contributed by atoms with van der Waals surface area (Å²) in [7, 11) is 0. The van der Waals surface area contributed by atoms with Gasteiger partial charge >= 0.3 is 5.97 Å². The predicted molar refractivity (Wildman–Crippen MR) is 71.2 cm³/mol. The van der Waals surface area contributed by atoms with Gasteiger partial charge in [-0.05, 0) is 75.0 Å². The number of aliphatic carboxylic acids is 1. The molecule has 0 amide bonds. The summed E-state index contributed by atoms with van der Waals surface area (Å²) in [5.74, 6) is 2.91. The smallest absolute Gasteiger partial charge is 0.331 e. The Balaban J connectivity index is 1.94. The predicted octanol–water partition coefficient (Wildman–Crippen LogP) is 3.87. The lowest BCUT2D eigenvalue weighted by atomic mass is 9.50. The van der Waals surface area contributed by atoms with E-state index < -0.39 is 5.97 Å². The highest BCUT2D eigenvalue weighted by Crippen LogP contribution is 2.58. The Morgan fingerprint density at radius 2 is 1.56 bits per heavy atom. The Bertz CT molecular complexity index is 366. The molecule has 100 valence electrons. The zero-order valence-corrected chi connectivity index (χ0v) is 11.5. The number of rotatable bonds is 3. The molecule has 0 aromatic rings. The fourth-order valence-electron chi connectivity index (χ4n) is 5.20. The zero-order chi connectivity index (χ0) is 12.9. The molecule has 0 atom stereocenters. The number of allylic oxidation sites excluding steroid dienone is 1. The molecule has 4 saturated carbocycles. The van der Waals surface area contributed by atoms with Crippen LogP contribution in [0.4, 0.5) is 0 Å². The van der Waals surface area contributed by atoms with E-state index in [-0.39, 0.29) is 0 Å². The highest BCUT2D eigenvalue weighted by molar-refractivity contribution is 5.88. The number of carbonyl (C=O) groups is 1. The molecular formula is C16H24O2. The Morgan fingerprint density at radius 3 is 1.94 bits per heavy atom. The van der Waals surface area contributed by atoms with Crippen molar-refractivity contribution in [1.82, 2.24) is 0 Å². The minimum absolute atomic E-state index is 0.371. The Hall–Kier alpha value is -0.790. The number of carboxylic acid groups (broad SMARTS) is 1. The summed E-state index contributed by atoms with van der Waals surface area (Å²) in [4.78, 5) is 11.7. The zero-order valence-electron chi connectivity index (χ0n) is 11.5. The van der Waals surface area contributed by atoms with Gasteiger partial charge in [-0.3, -0.25) is 0 Å². The second-order valence-electron chi connectivity index (χ2n) is 6.81. The van der Waals surface area contributed by atoms with Gasteiger partial charge < -0.3 is 5.11 Å². The molecule has 0 spiro atoms. The minimum atomic E-state index is -0.646. The molecule has 1 N–H and O–H groups in total. The van der Waals surface area contributed by atoms with Gasteiger partial charge in [0.2, 0.25) is 0 Å². The number of hydrogen-bond donors (Lipinski definition) is 1. The largest absolute Gasteiger partial charge is 0.478 e. The van der Waals surface area contributed by atoms with Gasteiger partial charge in [-0.15, -0.1) is 0 Å². The Kier molecular flexibility index (Phi) is 2.99. The van der Waals surface area contributed by atoms with E-state index in [9.17, 15) is 9.90 Å². The summed E-state index contributed by atoms with van der Waals surface area (Å²) in [5.41, 5.74) is 1.89. The third-order valence-corrected chi connectivity index (χ3v) is 5.78. The van der Waals surface area contributed by atoms with Gasteiger partial charge in [0, 0.05) is 5.57 Å². The van der Waals surface area contributed by atoms with E-state index in [1.165, 1.54) is 32.1 Å². The first-order valence-corrected chi connectivity index (χ1v) is 7.53. The van der Waals surface area contributed by atoms with Crippen LogP contribution in [-0.4, -0.2) is 11.1 Å². The molecule has 4 fully saturated rings. The first kappa shape index (κ1) is 12.3. The summed E-state index contributed by atoms with van der Waals surface area (Å²) < 4.78 is 0. The van der Waals surface area contributed by atoms with Gasteiger partial charge in [-0.2, -0.15) is 0 Å². The van der Waals surface area contributed by atoms with Gasteiger partial charge in [0.1, 0.15) is 0 Å². The van der Waals surface area contributed by atoms with Crippen molar-refractivity contribution in [3.8, 4) is 0 Å². The summed E-state index contributed by atoms with van der Waals surface area (Å²) in [5, 5.41) is 9.60. The van der Waals surface area contributed by atoms with Crippen LogP contribution in [0.5, 0.6) is 0 Å². The van der Waals surface area contributed by atoms with Crippen LogP contribution in [0.1, 0.15) is 52.4 Å². The average Bonchev–Trinajstić information content (AvgIpc) is 2.31. The molecule has 0 heterocycles. The van der Waals surface area contributed by atoms with Crippen molar-refractivity contribution in [2.45, 2.75) is 52.4 Å². The molecule has 4 rings (SSSR count). The maximum Gasteiger partial charge on any atom is 0.331 e. The Morgan fingerprint density at radius 1 is 1.06 bits per heavy atom. The summed E-state index contributed by atoms with van der Waals surface area (Å²) in [6.07, 6.45) is 7.50. The summed E-state index contributed by atoms with van der Waals surface area (Å²) in [6.45, 7) is 4.10. The van der Waals surface area contributed by atoms with Gasteiger partial charge in [0.25, 0.3) is 0 Å². The van der Waals surface area contributed by atoms with E-state index >= 15 is 0 Å². The van der Waals surface area contributed by atoms with Crippen LogP contribution in [0.25, 0.3) is 0 Å². The van der Waals surface area contributed by atoms with Crippen LogP contribution in [0.15, 0.2) is 11.1 Å². The quantitative estimate of drug-likeness (QED) is 0.770. The lowest BCUT2D eigenvalue weighted by molar-refractivity contribution is -0.135. The van der Waals surface area contributed by atoms with Crippen molar-refractivity contribution in [3.05, 3.63) is 11.1 Å². The van der Waals surface area contributed by atoms with E-state index in [4.69, 9.17) is 0 Å². The molecule has 4 aliphatic carbocycles. The molecule has 4 bridgehead atoms. The molecule has 0 saturated heterocycles. The molecule has 0 radical (unpaired) electrons. The van der Waals surface area contributed by atoms with Crippen LogP contribution in [0.2, 0.25) is 0 Å². The van der Waals surface area contributed by atoms with Crippen LogP contribution < -0.4 is 0 Å². The van der Waals surface area contributed by atoms with Crippen LogP contribution in [-0.2, 0) is 4.79 Å². The van der Waals surface area contributed by atoms with Crippen LogP contribution in [0, 0.1) is 29.6 Å². The van der Waals surface area contributed by atoms with Crippen molar-refractivity contribution >= 4 is 5.97 Å². The highest BCUT2D eigenvalue weighted by atomic mass is 16.4. The summed E-state index contributed by atoms with van der Waals surface area (Å²) >= 11 is 0. The SMILES string of the molecule is CC/C(C)=C(/C(=O)O)C1C2CC3CC(C2)CC1C3. The second kappa shape index (κ2) is 4.40. The molecule has 0 aromatic heterocycles. The van der Waals surface area contributed by atoms with E-state index in [0.29, 0.717) is 17.8 Å². The molecule has 2 heteroatoms. The first-order chi connectivity index (χ1) is 8.60. The fraction of sp³-hybridized carbons (Fsp3) is 0.812. The molecule has 0 unspecified atom stereocenters. The number of hydrogen-bond acceptors (Lipinski definition) is 1. The number of carboxylic acids is 1. The topological polar surface area (TPSA) is 37.3 Å². The molecule has 0 aromatic carbocycles. The van der Waals surface area contributed by atoms with Crippen molar-refractivity contribution < 1.29 is 9.90 Å². The van der Waals surface area contributed by atoms with Crippen molar-refractivity contribution in [2.75, 3.05) is 0 Å². The highest BCUT2D eigenvalue weighted by Gasteiger charge is 2.50. The van der Waals surface area contributed by atoms with E-state index in [1.54, 1.807) is 0 Å². The second-order valence-corrected chi connectivity index (χ2v) is 6.81. The third-order valence-electron chi connectivity index (χ3n) is 5.78. The molecule has 4 aliphatic rings. The first-order valence-electron chi connectivity index (χ1n) is 7.53. The average molecular weight is 248 g/mol. The van der Waals surface area contributed by atoms with E-state index in [1.807, 2.05) is 6.92 Å². The molecular weight excluding hydrogens is 224 g/mol. The third kappa shape index (κ3) is 1.81. The normalized spacial score (nSPS) is 42.9. The standard InChI is InChI=1S/C16H24O2/c1-3-9(2)14(16(17)18)15-12-5-10-4-11(7-12)8-13(15)6-10/h10-13,15H,3-8H2,1-2H3,(H,17,18)/b14-9+. The lowest BCUT2D eigenvalue weighted by Gasteiger charge is -2.54. The van der Waals surface area contributed by atoms with Gasteiger partial charge in [0.15, 0.2) is 0 Å². The van der Waals surface area contributed by atoms with Crippen LogP contribution in [0.3, 0.4) is 0 Å².